The van der Waals surface area contributed by atoms with E-state index in [1.54, 1.807) is 12.1 Å². The summed E-state index contributed by atoms with van der Waals surface area (Å²) in [6.07, 6.45) is 0.277. The minimum absolute atomic E-state index is 0.150. The summed E-state index contributed by atoms with van der Waals surface area (Å²) in [7, 11) is 0. The molecule has 0 saturated carbocycles. The summed E-state index contributed by atoms with van der Waals surface area (Å²) in [5, 5.41) is 5.45. The molecule has 0 spiro atoms. The van der Waals surface area contributed by atoms with Crippen LogP contribution in [0.2, 0.25) is 0 Å². The summed E-state index contributed by atoms with van der Waals surface area (Å²) in [6, 6.07) is 6.66. The minimum Gasteiger partial charge on any atom is -0.444 e. The van der Waals surface area contributed by atoms with E-state index in [1.807, 2.05) is 39.8 Å². The molecule has 1 aromatic carbocycles. The van der Waals surface area contributed by atoms with Gasteiger partial charge < -0.3 is 15.4 Å². The van der Waals surface area contributed by atoms with E-state index >= 15 is 0 Å². The van der Waals surface area contributed by atoms with Crippen molar-refractivity contribution in [1.29, 1.82) is 0 Å². The molecule has 0 aromatic heterocycles. The Balaban J connectivity index is 2.71. The number of carbonyl (C=O) groups excluding carboxylic acids is 2. The van der Waals surface area contributed by atoms with Gasteiger partial charge in [0.15, 0.2) is 0 Å². The Morgan fingerprint density at radius 3 is 2.27 bits per heavy atom. The van der Waals surface area contributed by atoms with Crippen molar-refractivity contribution >= 4 is 30.6 Å². The van der Waals surface area contributed by atoms with Crippen LogP contribution in [0.3, 0.4) is 0 Å². The third-order valence-corrected chi connectivity index (χ3v) is 2.97. The summed E-state index contributed by atoms with van der Waals surface area (Å²) >= 11 is 3.66. The number of benzene rings is 1. The van der Waals surface area contributed by atoms with Crippen LogP contribution in [0.1, 0.15) is 45.7 Å². The van der Waals surface area contributed by atoms with Crippen LogP contribution < -0.4 is 15.4 Å². The fourth-order valence-electron chi connectivity index (χ4n) is 1.83. The lowest BCUT2D eigenvalue weighted by molar-refractivity contribution is 0.0502. The predicted octanol–water partition coefficient (Wildman–Crippen LogP) is 3.63. The second-order valence-electron chi connectivity index (χ2n) is 5.79. The zero-order valence-corrected chi connectivity index (χ0v) is 14.2. The third-order valence-electron chi connectivity index (χ3n) is 2.77. The molecule has 1 aromatic rings. The van der Waals surface area contributed by atoms with Gasteiger partial charge in [0.2, 0.25) is 0 Å². The van der Waals surface area contributed by atoms with E-state index in [4.69, 9.17) is 4.74 Å². The molecular formula is C15H23N3O3S. The molecule has 0 radical (unpaired) electrons. The van der Waals surface area contributed by atoms with E-state index in [2.05, 4.69) is 28.2 Å². The largest absolute Gasteiger partial charge is 0.444 e. The van der Waals surface area contributed by atoms with E-state index in [0.717, 1.165) is 12.0 Å². The Morgan fingerprint density at radius 1 is 1.23 bits per heavy atom. The first-order chi connectivity index (χ1) is 10.2. The molecule has 1 rings (SSSR count). The quantitative estimate of drug-likeness (QED) is 0.638. The second kappa shape index (κ2) is 7.93. The van der Waals surface area contributed by atoms with Crippen LogP contribution >= 0.6 is 12.8 Å². The number of urea groups is 1. The summed E-state index contributed by atoms with van der Waals surface area (Å²) in [5.74, 6) is 0. The van der Waals surface area contributed by atoms with Crippen LogP contribution in [-0.2, 0) is 4.74 Å². The van der Waals surface area contributed by atoms with Crippen molar-refractivity contribution < 1.29 is 14.3 Å². The van der Waals surface area contributed by atoms with Gasteiger partial charge in [0.25, 0.3) is 0 Å². The van der Waals surface area contributed by atoms with E-state index in [9.17, 15) is 9.59 Å². The van der Waals surface area contributed by atoms with Gasteiger partial charge in [-0.1, -0.05) is 31.9 Å². The van der Waals surface area contributed by atoms with Gasteiger partial charge >= 0.3 is 12.1 Å². The first-order valence-corrected chi connectivity index (χ1v) is 7.50. The number of nitrogens with one attached hydrogen (secondary N) is 3. The minimum atomic E-state index is -0.531. The molecule has 0 bridgehead atoms. The summed E-state index contributed by atoms with van der Waals surface area (Å²) in [6.45, 7) is 7.43. The summed E-state index contributed by atoms with van der Waals surface area (Å²) in [5.41, 5.74) is 1.05. The molecule has 0 aliphatic heterocycles. The van der Waals surface area contributed by atoms with Crippen molar-refractivity contribution in [2.45, 2.75) is 45.8 Å². The molecule has 6 nitrogen and oxygen atoms in total. The van der Waals surface area contributed by atoms with Crippen molar-refractivity contribution in [2.75, 3.05) is 5.32 Å². The maximum atomic E-state index is 11.8. The van der Waals surface area contributed by atoms with E-state index < -0.39 is 17.7 Å². The highest BCUT2D eigenvalue weighted by Crippen LogP contribution is 2.20. The third kappa shape index (κ3) is 6.26. The van der Waals surface area contributed by atoms with Gasteiger partial charge in [-0.05, 0) is 44.9 Å². The molecule has 1 atom stereocenters. The highest BCUT2D eigenvalue weighted by atomic mass is 32.1. The number of rotatable bonds is 4. The first-order valence-electron chi connectivity index (χ1n) is 7.05. The van der Waals surface area contributed by atoms with Crippen LogP contribution in [0, 0.1) is 0 Å². The van der Waals surface area contributed by atoms with Crippen molar-refractivity contribution in [3.8, 4) is 0 Å². The van der Waals surface area contributed by atoms with E-state index in [-0.39, 0.29) is 6.04 Å². The molecule has 122 valence electrons. The van der Waals surface area contributed by atoms with Gasteiger partial charge in [0.05, 0.1) is 6.04 Å². The highest BCUT2D eigenvalue weighted by molar-refractivity contribution is 7.78. The van der Waals surface area contributed by atoms with E-state index in [1.165, 1.54) is 0 Å². The topological polar surface area (TPSA) is 79.5 Å². The van der Waals surface area contributed by atoms with Crippen molar-refractivity contribution in [3.05, 3.63) is 29.8 Å². The van der Waals surface area contributed by atoms with Gasteiger partial charge in [0, 0.05) is 5.69 Å². The number of hydrogen-bond acceptors (Lipinski definition) is 4. The molecule has 0 fully saturated rings. The Bertz CT molecular complexity index is 512. The smallest absolute Gasteiger partial charge is 0.408 e. The van der Waals surface area contributed by atoms with Gasteiger partial charge in [-0.25, -0.2) is 9.59 Å². The second-order valence-corrected chi connectivity index (χ2v) is 6.02. The molecule has 3 N–H and O–H groups in total. The lowest BCUT2D eigenvalue weighted by Crippen LogP contribution is -2.34. The number of ether oxygens (including phenoxy) is 1. The number of carbonyl (C=O) groups is 2. The molecule has 1 unspecified atom stereocenters. The molecule has 7 heteroatoms. The molecule has 0 saturated heterocycles. The normalized spacial score (nSPS) is 12.2. The van der Waals surface area contributed by atoms with Crippen molar-refractivity contribution in [3.63, 3.8) is 0 Å². The van der Waals surface area contributed by atoms with Crippen LogP contribution in [0.5, 0.6) is 0 Å². The maximum Gasteiger partial charge on any atom is 0.408 e. The number of anilines is 1. The van der Waals surface area contributed by atoms with Gasteiger partial charge in [-0.15, -0.1) is 0 Å². The van der Waals surface area contributed by atoms with Crippen LogP contribution in [0.25, 0.3) is 0 Å². The fourth-order valence-corrected chi connectivity index (χ4v) is 1.88. The molecule has 0 aliphatic rings. The summed E-state index contributed by atoms with van der Waals surface area (Å²) < 4.78 is 7.44. The van der Waals surface area contributed by atoms with Crippen molar-refractivity contribution in [2.24, 2.45) is 0 Å². The van der Waals surface area contributed by atoms with Gasteiger partial charge in [-0.2, -0.15) is 0 Å². The number of thiol groups is 1. The fraction of sp³-hybridized carbons (Fsp3) is 0.467. The lowest BCUT2D eigenvalue weighted by Gasteiger charge is -2.23. The van der Waals surface area contributed by atoms with Crippen molar-refractivity contribution in [1.82, 2.24) is 10.0 Å². The first kappa shape index (κ1) is 18.2. The SMILES string of the molecule is CCC(NC(=O)OC(C)(C)C)c1ccc(NC(=O)NS)cc1. The standard InChI is InChI=1S/C15H23N3O3S/c1-5-12(17-14(20)21-15(2,3)4)10-6-8-11(9-7-10)16-13(19)18-22/h6-9,12,22H,5H2,1-4H3,(H,17,20)(H2,16,18,19). The zero-order chi connectivity index (χ0) is 16.8. The lowest BCUT2D eigenvalue weighted by atomic mass is 10.0. The predicted molar refractivity (Wildman–Crippen MR) is 90.0 cm³/mol. The van der Waals surface area contributed by atoms with E-state index in [0.29, 0.717) is 5.69 Å². The van der Waals surface area contributed by atoms with Gasteiger partial charge in [0.1, 0.15) is 5.60 Å². The van der Waals surface area contributed by atoms with Gasteiger partial charge in [-0.3, -0.25) is 4.72 Å². The number of hydrogen-bond donors (Lipinski definition) is 4. The molecule has 3 amide bonds. The molecule has 0 heterocycles. The number of alkyl carbamates (subject to hydrolysis) is 1. The van der Waals surface area contributed by atoms with Crippen LogP contribution in [0.15, 0.2) is 24.3 Å². The Kier molecular flexibility index (Phi) is 6.55. The number of amides is 3. The average Bonchev–Trinajstić information content (AvgIpc) is 2.43. The molecular weight excluding hydrogens is 302 g/mol. The Hall–Kier alpha value is -1.89. The monoisotopic (exact) mass is 325 g/mol. The van der Waals surface area contributed by atoms with Crippen LogP contribution in [0.4, 0.5) is 15.3 Å². The average molecular weight is 325 g/mol. The highest BCUT2D eigenvalue weighted by Gasteiger charge is 2.19. The van der Waals surface area contributed by atoms with Crippen LogP contribution in [-0.4, -0.2) is 17.7 Å². The zero-order valence-electron chi connectivity index (χ0n) is 13.3. The molecule has 22 heavy (non-hydrogen) atoms. The Labute approximate surface area is 136 Å². The maximum absolute atomic E-state index is 11.8. The molecule has 0 aliphatic carbocycles. The summed E-state index contributed by atoms with van der Waals surface area (Å²) in [4.78, 5) is 23.0. The Morgan fingerprint density at radius 2 is 1.82 bits per heavy atom.